The topological polar surface area (TPSA) is 92.4 Å². The summed E-state index contributed by atoms with van der Waals surface area (Å²) < 4.78 is 5.33. The van der Waals surface area contributed by atoms with Gasteiger partial charge < -0.3 is 14.9 Å². The van der Waals surface area contributed by atoms with Crippen molar-refractivity contribution in [2.24, 2.45) is 0 Å². The first-order chi connectivity index (χ1) is 10.6. The molecule has 0 atom stereocenters. The number of hydrogen-bond acceptors (Lipinski definition) is 4. The maximum atomic E-state index is 11.2. The summed E-state index contributed by atoms with van der Waals surface area (Å²) in [6, 6.07) is 9.15. The van der Waals surface area contributed by atoms with E-state index in [0.29, 0.717) is 24.3 Å². The number of nitrogens with zero attached hydrogens (tertiary/aromatic N) is 1. The monoisotopic (exact) mass is 302 g/mol. The van der Waals surface area contributed by atoms with Crippen LogP contribution in [0.5, 0.6) is 0 Å². The molecule has 0 spiro atoms. The molecule has 0 saturated carbocycles. The minimum atomic E-state index is -0.787. The first-order valence-electron chi connectivity index (χ1n) is 7.10. The Labute approximate surface area is 128 Å². The van der Waals surface area contributed by atoms with Gasteiger partial charge in [0.25, 0.3) is 0 Å². The fraction of sp³-hybridized carbons (Fsp3) is 0.312. The van der Waals surface area contributed by atoms with Crippen molar-refractivity contribution in [3.63, 3.8) is 0 Å². The number of para-hydroxylation sites is 1. The summed E-state index contributed by atoms with van der Waals surface area (Å²) in [5, 5.41) is 15.3. The molecule has 6 heteroatoms. The molecule has 1 amide bonds. The van der Waals surface area contributed by atoms with E-state index in [1.807, 2.05) is 24.3 Å². The fourth-order valence-electron chi connectivity index (χ4n) is 2.14. The number of aliphatic carboxylic acids is 1. The van der Waals surface area contributed by atoms with E-state index in [4.69, 9.17) is 9.63 Å². The van der Waals surface area contributed by atoms with E-state index in [2.05, 4.69) is 10.5 Å². The maximum absolute atomic E-state index is 11.2. The lowest BCUT2D eigenvalue weighted by Crippen LogP contribution is -2.06. The number of benzene rings is 1. The number of aryl methyl sites for hydroxylation is 1. The third-order valence-electron chi connectivity index (χ3n) is 3.14. The summed E-state index contributed by atoms with van der Waals surface area (Å²) in [6.45, 7) is 1.45. The highest BCUT2D eigenvalue weighted by Crippen LogP contribution is 2.28. The summed E-state index contributed by atoms with van der Waals surface area (Å²) in [4.78, 5) is 21.7. The Hall–Kier alpha value is -2.63. The van der Waals surface area contributed by atoms with Crippen LogP contribution in [0.1, 0.15) is 31.9 Å². The van der Waals surface area contributed by atoms with Crippen molar-refractivity contribution in [1.82, 2.24) is 5.16 Å². The van der Waals surface area contributed by atoms with Gasteiger partial charge in [0.15, 0.2) is 5.76 Å². The van der Waals surface area contributed by atoms with Crippen LogP contribution in [0.2, 0.25) is 0 Å². The Balaban J connectivity index is 2.05. The second-order valence-electron chi connectivity index (χ2n) is 5.01. The van der Waals surface area contributed by atoms with Crippen LogP contribution in [-0.4, -0.2) is 22.1 Å². The summed E-state index contributed by atoms with van der Waals surface area (Å²) in [7, 11) is 0. The first-order valence-corrected chi connectivity index (χ1v) is 7.10. The molecule has 0 aliphatic heterocycles. The molecule has 0 aliphatic rings. The number of amides is 1. The minimum Gasteiger partial charge on any atom is -0.481 e. The molecule has 6 nitrogen and oxygen atoms in total. The predicted octanol–water partition coefficient (Wildman–Crippen LogP) is 3.10. The van der Waals surface area contributed by atoms with E-state index in [-0.39, 0.29) is 12.3 Å². The lowest BCUT2D eigenvalue weighted by molar-refractivity contribution is -0.137. The largest absolute Gasteiger partial charge is 0.481 e. The predicted molar refractivity (Wildman–Crippen MR) is 81.4 cm³/mol. The fourth-order valence-corrected chi connectivity index (χ4v) is 2.14. The highest BCUT2D eigenvalue weighted by atomic mass is 16.5. The van der Waals surface area contributed by atoms with Gasteiger partial charge in [-0.1, -0.05) is 17.3 Å². The van der Waals surface area contributed by atoms with Gasteiger partial charge in [-0.15, -0.1) is 0 Å². The van der Waals surface area contributed by atoms with Crippen LogP contribution < -0.4 is 5.32 Å². The summed E-state index contributed by atoms with van der Waals surface area (Å²) >= 11 is 0. The first kappa shape index (κ1) is 15.8. The lowest BCUT2D eigenvalue weighted by atomic mass is 10.1. The van der Waals surface area contributed by atoms with Gasteiger partial charge in [0.05, 0.1) is 11.4 Å². The maximum Gasteiger partial charge on any atom is 0.303 e. The molecule has 2 rings (SSSR count). The summed E-state index contributed by atoms with van der Waals surface area (Å²) in [5.74, 6) is -0.358. The number of carbonyl (C=O) groups excluding carboxylic acids is 1. The van der Waals surface area contributed by atoms with Gasteiger partial charge in [-0.3, -0.25) is 9.59 Å². The third kappa shape index (κ3) is 4.44. The van der Waals surface area contributed by atoms with E-state index >= 15 is 0 Å². The number of carboxylic acids is 1. The zero-order valence-electron chi connectivity index (χ0n) is 12.3. The average molecular weight is 302 g/mol. The SMILES string of the molecule is CC(=O)Nc1ccccc1-c1cc(CCCCC(=O)O)no1. The number of carboxylic acid groups (broad SMARTS) is 1. The Morgan fingerprint density at radius 1 is 1.27 bits per heavy atom. The van der Waals surface area contributed by atoms with Crippen LogP contribution in [-0.2, 0) is 16.0 Å². The van der Waals surface area contributed by atoms with Crippen molar-refractivity contribution in [1.29, 1.82) is 0 Å². The van der Waals surface area contributed by atoms with Gasteiger partial charge in [0, 0.05) is 25.0 Å². The van der Waals surface area contributed by atoms with Crippen molar-refractivity contribution >= 4 is 17.6 Å². The van der Waals surface area contributed by atoms with Gasteiger partial charge in [-0.25, -0.2) is 0 Å². The van der Waals surface area contributed by atoms with E-state index in [1.165, 1.54) is 6.92 Å². The molecule has 1 heterocycles. The summed E-state index contributed by atoms with van der Waals surface area (Å²) in [6.07, 6.45) is 2.18. The number of nitrogens with one attached hydrogen (secondary N) is 1. The molecule has 1 aromatic carbocycles. The third-order valence-corrected chi connectivity index (χ3v) is 3.14. The van der Waals surface area contributed by atoms with Crippen molar-refractivity contribution in [2.75, 3.05) is 5.32 Å². The van der Waals surface area contributed by atoms with E-state index in [9.17, 15) is 9.59 Å². The highest BCUT2D eigenvalue weighted by Gasteiger charge is 2.11. The van der Waals surface area contributed by atoms with E-state index < -0.39 is 5.97 Å². The van der Waals surface area contributed by atoms with Crippen molar-refractivity contribution in [3.05, 3.63) is 36.0 Å². The Kier molecular flexibility index (Phi) is 5.30. The minimum absolute atomic E-state index is 0.152. The molecule has 0 radical (unpaired) electrons. The standard InChI is InChI=1S/C16H18N2O4/c1-11(19)17-14-8-4-3-7-13(14)15-10-12(18-22-15)6-2-5-9-16(20)21/h3-4,7-8,10H,2,5-6,9H2,1H3,(H,17,19)(H,20,21). The molecular formula is C16H18N2O4. The van der Waals surface area contributed by atoms with Gasteiger partial charge in [-0.2, -0.15) is 0 Å². The normalized spacial score (nSPS) is 10.4. The molecule has 1 aromatic heterocycles. The van der Waals surface area contributed by atoms with Crippen molar-refractivity contribution in [2.45, 2.75) is 32.6 Å². The zero-order valence-corrected chi connectivity index (χ0v) is 12.3. The number of unbranched alkanes of at least 4 members (excludes halogenated alkanes) is 1. The van der Waals surface area contributed by atoms with Crippen LogP contribution in [0.15, 0.2) is 34.9 Å². The number of carbonyl (C=O) groups is 2. The van der Waals surface area contributed by atoms with Gasteiger partial charge in [0.1, 0.15) is 0 Å². The molecule has 116 valence electrons. The number of anilines is 1. The second kappa shape index (κ2) is 7.40. The number of hydrogen-bond donors (Lipinski definition) is 2. The van der Waals surface area contributed by atoms with Gasteiger partial charge in [-0.05, 0) is 31.4 Å². The molecule has 0 aliphatic carbocycles. The molecule has 0 saturated heterocycles. The average Bonchev–Trinajstić information content (AvgIpc) is 2.92. The molecule has 0 fully saturated rings. The summed E-state index contributed by atoms with van der Waals surface area (Å²) in [5.41, 5.74) is 2.21. The van der Waals surface area contributed by atoms with Gasteiger partial charge >= 0.3 is 5.97 Å². The number of aromatic nitrogens is 1. The zero-order chi connectivity index (χ0) is 15.9. The molecule has 0 unspecified atom stereocenters. The second-order valence-corrected chi connectivity index (χ2v) is 5.01. The van der Waals surface area contributed by atoms with E-state index in [0.717, 1.165) is 17.7 Å². The Morgan fingerprint density at radius 3 is 2.77 bits per heavy atom. The molecule has 2 N–H and O–H groups in total. The Bertz CT molecular complexity index is 664. The Morgan fingerprint density at radius 2 is 2.05 bits per heavy atom. The van der Waals surface area contributed by atoms with Crippen LogP contribution in [0, 0.1) is 0 Å². The lowest BCUT2D eigenvalue weighted by Gasteiger charge is -2.06. The molecule has 22 heavy (non-hydrogen) atoms. The van der Waals surface area contributed by atoms with Crippen molar-refractivity contribution in [3.8, 4) is 11.3 Å². The van der Waals surface area contributed by atoms with Gasteiger partial charge in [0.2, 0.25) is 5.91 Å². The van der Waals surface area contributed by atoms with Crippen LogP contribution in [0.4, 0.5) is 5.69 Å². The van der Waals surface area contributed by atoms with Crippen LogP contribution in [0.3, 0.4) is 0 Å². The molecular weight excluding hydrogens is 284 g/mol. The van der Waals surface area contributed by atoms with E-state index in [1.54, 1.807) is 6.07 Å². The quantitative estimate of drug-likeness (QED) is 0.767. The molecule has 2 aromatic rings. The highest BCUT2D eigenvalue weighted by molar-refractivity contribution is 5.93. The smallest absolute Gasteiger partial charge is 0.303 e. The number of rotatable bonds is 7. The van der Waals surface area contributed by atoms with Crippen molar-refractivity contribution < 1.29 is 19.2 Å². The molecule has 0 bridgehead atoms. The van der Waals surface area contributed by atoms with Crippen LogP contribution in [0.25, 0.3) is 11.3 Å². The van der Waals surface area contributed by atoms with Crippen LogP contribution >= 0.6 is 0 Å².